The summed E-state index contributed by atoms with van der Waals surface area (Å²) in [6, 6.07) is 16.2. The van der Waals surface area contributed by atoms with Gasteiger partial charge in [-0.25, -0.2) is 9.07 Å². The maximum Gasteiger partial charge on any atom is 0.165 e. The van der Waals surface area contributed by atoms with Gasteiger partial charge in [-0.15, -0.1) is 0 Å². The zero-order valence-electron chi connectivity index (χ0n) is 10.7. The molecule has 0 bridgehead atoms. The van der Waals surface area contributed by atoms with Crippen LogP contribution >= 0.6 is 0 Å². The lowest BCUT2D eigenvalue weighted by molar-refractivity contribution is 0.290. The number of hydrogen-bond donors (Lipinski definition) is 0. The second-order valence-corrected chi connectivity index (χ2v) is 4.34. The van der Waals surface area contributed by atoms with E-state index in [1.54, 1.807) is 29.2 Å². The highest BCUT2D eigenvalue weighted by atomic mass is 19.1. The van der Waals surface area contributed by atoms with Crippen LogP contribution in [0.15, 0.2) is 67.0 Å². The first-order chi connectivity index (χ1) is 9.83. The molecule has 20 heavy (non-hydrogen) atoms. The van der Waals surface area contributed by atoms with Crippen molar-refractivity contribution in [1.29, 1.82) is 0 Å². The molecule has 0 fully saturated rings. The number of halogens is 1. The van der Waals surface area contributed by atoms with Gasteiger partial charge in [-0.2, -0.15) is 5.10 Å². The van der Waals surface area contributed by atoms with E-state index in [1.165, 1.54) is 6.07 Å². The van der Waals surface area contributed by atoms with Gasteiger partial charge in [-0.05, 0) is 23.8 Å². The molecule has 1 heterocycles. The molecule has 0 aliphatic carbocycles. The van der Waals surface area contributed by atoms with Crippen LogP contribution in [0, 0.1) is 5.82 Å². The fourth-order valence-electron chi connectivity index (χ4n) is 1.90. The lowest BCUT2D eigenvalue weighted by atomic mass is 10.2. The average Bonchev–Trinajstić information content (AvgIpc) is 3.02. The van der Waals surface area contributed by atoms with Gasteiger partial charge in [0.15, 0.2) is 11.6 Å². The molecule has 100 valence electrons. The van der Waals surface area contributed by atoms with E-state index < -0.39 is 0 Å². The Bertz CT molecular complexity index is 681. The van der Waals surface area contributed by atoms with E-state index in [4.69, 9.17) is 4.74 Å². The summed E-state index contributed by atoms with van der Waals surface area (Å²) < 4.78 is 21.0. The predicted molar refractivity (Wildman–Crippen MR) is 74.3 cm³/mol. The van der Waals surface area contributed by atoms with Gasteiger partial charge in [0.25, 0.3) is 0 Å². The smallest absolute Gasteiger partial charge is 0.165 e. The Morgan fingerprint density at radius 2 is 1.90 bits per heavy atom. The minimum absolute atomic E-state index is 0.224. The lowest BCUT2D eigenvalue weighted by Gasteiger charge is -2.09. The highest BCUT2D eigenvalue weighted by molar-refractivity contribution is 5.39. The van der Waals surface area contributed by atoms with Crippen molar-refractivity contribution < 1.29 is 9.13 Å². The quantitative estimate of drug-likeness (QED) is 0.723. The first-order valence-electron chi connectivity index (χ1n) is 6.29. The summed E-state index contributed by atoms with van der Waals surface area (Å²) >= 11 is 0. The van der Waals surface area contributed by atoms with E-state index in [2.05, 4.69) is 5.10 Å². The molecule has 1 aromatic heterocycles. The summed E-state index contributed by atoms with van der Waals surface area (Å²) in [5.41, 5.74) is 1.76. The van der Waals surface area contributed by atoms with Gasteiger partial charge >= 0.3 is 0 Å². The predicted octanol–water partition coefficient (Wildman–Crippen LogP) is 3.59. The van der Waals surface area contributed by atoms with Crippen LogP contribution in [-0.2, 0) is 6.61 Å². The monoisotopic (exact) mass is 268 g/mol. The number of aromatic nitrogens is 2. The van der Waals surface area contributed by atoms with Gasteiger partial charge < -0.3 is 4.74 Å². The van der Waals surface area contributed by atoms with E-state index in [0.717, 1.165) is 11.3 Å². The van der Waals surface area contributed by atoms with Crippen LogP contribution in [0.5, 0.6) is 5.75 Å². The SMILES string of the molecule is Fc1ccc(-n2cccn2)cc1OCc1ccccc1. The summed E-state index contributed by atoms with van der Waals surface area (Å²) in [5, 5.41) is 4.11. The number of ether oxygens (including phenoxy) is 1. The molecule has 0 spiro atoms. The molecule has 0 saturated heterocycles. The van der Waals surface area contributed by atoms with Gasteiger partial charge in [0.1, 0.15) is 6.61 Å². The second kappa shape index (κ2) is 5.57. The lowest BCUT2D eigenvalue weighted by Crippen LogP contribution is -2.00. The standard InChI is InChI=1S/C16H13FN2O/c17-15-8-7-14(19-10-4-9-18-19)11-16(15)20-12-13-5-2-1-3-6-13/h1-11H,12H2. The normalized spacial score (nSPS) is 10.4. The van der Waals surface area contributed by atoms with Crippen molar-refractivity contribution in [1.82, 2.24) is 9.78 Å². The van der Waals surface area contributed by atoms with E-state index in [1.807, 2.05) is 36.4 Å². The van der Waals surface area contributed by atoms with E-state index in [0.29, 0.717) is 6.61 Å². The third-order valence-corrected chi connectivity index (χ3v) is 2.92. The Kier molecular flexibility index (Phi) is 3.46. The maximum absolute atomic E-state index is 13.8. The minimum Gasteiger partial charge on any atom is -0.486 e. The fourth-order valence-corrected chi connectivity index (χ4v) is 1.90. The molecule has 0 aliphatic rings. The summed E-state index contributed by atoms with van der Waals surface area (Å²) in [6.45, 7) is 0.334. The van der Waals surface area contributed by atoms with Gasteiger partial charge in [-0.3, -0.25) is 0 Å². The van der Waals surface area contributed by atoms with Crippen molar-refractivity contribution in [2.75, 3.05) is 0 Å². The third kappa shape index (κ3) is 2.69. The van der Waals surface area contributed by atoms with Crippen LogP contribution in [0.3, 0.4) is 0 Å². The Morgan fingerprint density at radius 3 is 2.65 bits per heavy atom. The number of nitrogens with zero attached hydrogens (tertiary/aromatic N) is 2. The van der Waals surface area contributed by atoms with Crippen LogP contribution in [0.25, 0.3) is 5.69 Å². The van der Waals surface area contributed by atoms with Crippen molar-refractivity contribution in [2.45, 2.75) is 6.61 Å². The van der Waals surface area contributed by atoms with E-state index in [9.17, 15) is 4.39 Å². The highest BCUT2D eigenvalue weighted by Crippen LogP contribution is 2.22. The molecule has 0 saturated carbocycles. The Hall–Kier alpha value is -2.62. The zero-order valence-corrected chi connectivity index (χ0v) is 10.7. The van der Waals surface area contributed by atoms with Gasteiger partial charge in [-0.1, -0.05) is 30.3 Å². The summed E-state index contributed by atoms with van der Waals surface area (Å²) in [7, 11) is 0. The van der Waals surface area contributed by atoms with Crippen molar-refractivity contribution in [3.8, 4) is 11.4 Å². The molecule has 4 heteroatoms. The molecule has 0 amide bonds. The first-order valence-corrected chi connectivity index (χ1v) is 6.29. The second-order valence-electron chi connectivity index (χ2n) is 4.34. The largest absolute Gasteiger partial charge is 0.486 e. The van der Waals surface area contributed by atoms with Crippen molar-refractivity contribution in [2.24, 2.45) is 0 Å². The number of benzene rings is 2. The van der Waals surface area contributed by atoms with Crippen LogP contribution in [0.2, 0.25) is 0 Å². The molecule has 3 rings (SSSR count). The molecule has 0 atom stereocenters. The summed E-state index contributed by atoms with van der Waals surface area (Å²) in [5.74, 6) is -0.154. The molecule has 0 radical (unpaired) electrons. The van der Waals surface area contributed by atoms with Crippen LogP contribution in [-0.4, -0.2) is 9.78 Å². The van der Waals surface area contributed by atoms with Crippen molar-refractivity contribution in [3.63, 3.8) is 0 Å². The fraction of sp³-hybridized carbons (Fsp3) is 0.0625. The van der Waals surface area contributed by atoms with Gasteiger partial charge in [0.05, 0.1) is 5.69 Å². The number of hydrogen-bond acceptors (Lipinski definition) is 2. The molecule has 2 aromatic carbocycles. The number of rotatable bonds is 4. The maximum atomic E-state index is 13.8. The minimum atomic E-state index is -0.378. The topological polar surface area (TPSA) is 27.1 Å². The molecule has 0 unspecified atom stereocenters. The Balaban J connectivity index is 1.80. The van der Waals surface area contributed by atoms with E-state index in [-0.39, 0.29) is 11.6 Å². The van der Waals surface area contributed by atoms with Crippen molar-refractivity contribution >= 4 is 0 Å². The van der Waals surface area contributed by atoms with E-state index >= 15 is 0 Å². The van der Waals surface area contributed by atoms with Gasteiger partial charge in [0, 0.05) is 18.5 Å². The molecular formula is C16H13FN2O. The first kappa shape index (κ1) is 12.4. The Morgan fingerprint density at radius 1 is 1.05 bits per heavy atom. The summed E-state index contributed by atoms with van der Waals surface area (Å²) in [4.78, 5) is 0. The average molecular weight is 268 g/mol. The molecular weight excluding hydrogens is 255 g/mol. The molecule has 3 nitrogen and oxygen atoms in total. The molecule has 0 aliphatic heterocycles. The van der Waals surface area contributed by atoms with Crippen LogP contribution in [0.1, 0.15) is 5.56 Å². The third-order valence-electron chi connectivity index (χ3n) is 2.92. The van der Waals surface area contributed by atoms with Crippen molar-refractivity contribution in [3.05, 3.63) is 78.4 Å². The van der Waals surface area contributed by atoms with Gasteiger partial charge in [0.2, 0.25) is 0 Å². The van der Waals surface area contributed by atoms with Crippen LogP contribution in [0.4, 0.5) is 4.39 Å². The highest BCUT2D eigenvalue weighted by Gasteiger charge is 2.06. The molecule has 0 N–H and O–H groups in total. The zero-order chi connectivity index (χ0) is 13.8. The van der Waals surface area contributed by atoms with Crippen LogP contribution < -0.4 is 4.74 Å². The Labute approximate surface area is 116 Å². The summed E-state index contributed by atoms with van der Waals surface area (Å²) in [6.07, 6.45) is 3.47. The molecule has 3 aromatic rings.